The lowest BCUT2D eigenvalue weighted by Gasteiger charge is -2.17. The van der Waals surface area contributed by atoms with Gasteiger partial charge in [-0.25, -0.2) is 13.6 Å². The molecule has 0 saturated carbocycles. The van der Waals surface area contributed by atoms with Crippen molar-refractivity contribution < 1.29 is 18.0 Å². The average Bonchev–Trinajstić information content (AvgIpc) is 2.73. The molecule has 0 unspecified atom stereocenters. The Bertz CT molecular complexity index is 1260. The van der Waals surface area contributed by atoms with Crippen molar-refractivity contribution in [1.29, 1.82) is 0 Å². The van der Waals surface area contributed by atoms with Gasteiger partial charge in [-0.1, -0.05) is 35.9 Å². The van der Waals surface area contributed by atoms with Gasteiger partial charge < -0.3 is 16.8 Å². The normalized spacial score (nSPS) is 11.2. The number of benzene rings is 3. The second kappa shape index (κ2) is 8.86. The summed E-state index contributed by atoms with van der Waals surface area (Å²) in [5.74, 6) is -1.28. The Hall–Kier alpha value is -3.24. The summed E-state index contributed by atoms with van der Waals surface area (Å²) in [6.07, 6.45) is 0. The number of nitrogens with one attached hydrogen (secondary N) is 1. The number of nitrogens with two attached hydrogens (primary N) is 3. The van der Waals surface area contributed by atoms with E-state index in [1.54, 1.807) is 36.4 Å². The Morgan fingerprint density at radius 3 is 2.00 bits per heavy atom. The van der Waals surface area contributed by atoms with Gasteiger partial charge in [-0.2, -0.15) is 0 Å². The standard InChI is InChI=1S/C21H19ClN4O4S/c22-15-5-1-12(2-6-15)14-9-17(13-3-7-16(8-4-13)31(25,29)30)20(26-19(27)11-23)18(10-14)21(24)28/h1-10H,11,23H2,(H2,24,28)(H,26,27)(H2,25,29,30). The Morgan fingerprint density at radius 1 is 0.903 bits per heavy atom. The first-order chi connectivity index (χ1) is 14.6. The van der Waals surface area contributed by atoms with Crippen LogP contribution in [0, 0.1) is 0 Å². The molecule has 7 N–H and O–H groups in total. The molecule has 8 nitrogen and oxygen atoms in total. The van der Waals surface area contributed by atoms with E-state index < -0.39 is 21.8 Å². The Labute approximate surface area is 184 Å². The fraction of sp³-hybridized carbons (Fsp3) is 0.0476. The summed E-state index contributed by atoms with van der Waals surface area (Å²) < 4.78 is 23.2. The molecule has 0 fully saturated rings. The summed E-state index contributed by atoms with van der Waals surface area (Å²) >= 11 is 5.97. The van der Waals surface area contributed by atoms with Crippen LogP contribution < -0.4 is 21.9 Å². The molecule has 0 atom stereocenters. The molecule has 31 heavy (non-hydrogen) atoms. The molecule has 0 aliphatic carbocycles. The summed E-state index contributed by atoms with van der Waals surface area (Å²) in [7, 11) is -3.88. The molecule has 3 aromatic carbocycles. The number of amides is 2. The third kappa shape index (κ3) is 5.09. The molecule has 3 aromatic rings. The van der Waals surface area contributed by atoms with E-state index in [9.17, 15) is 18.0 Å². The van der Waals surface area contributed by atoms with Crippen LogP contribution in [0.4, 0.5) is 5.69 Å². The molecular formula is C21H19ClN4O4S. The van der Waals surface area contributed by atoms with Gasteiger partial charge in [0, 0.05) is 10.6 Å². The third-order valence-corrected chi connectivity index (χ3v) is 5.71. The zero-order valence-electron chi connectivity index (χ0n) is 16.1. The summed E-state index contributed by atoms with van der Waals surface area (Å²) in [4.78, 5) is 24.2. The van der Waals surface area contributed by atoms with Crippen molar-refractivity contribution in [1.82, 2.24) is 0 Å². The minimum atomic E-state index is -3.88. The van der Waals surface area contributed by atoms with Crippen molar-refractivity contribution >= 4 is 39.1 Å². The van der Waals surface area contributed by atoms with E-state index in [1.807, 2.05) is 0 Å². The molecule has 0 spiro atoms. The van der Waals surface area contributed by atoms with Crippen LogP contribution in [0.2, 0.25) is 5.02 Å². The first-order valence-electron chi connectivity index (χ1n) is 8.97. The van der Waals surface area contributed by atoms with Gasteiger partial charge in [-0.15, -0.1) is 0 Å². The summed E-state index contributed by atoms with van der Waals surface area (Å²) in [5.41, 5.74) is 13.6. The first kappa shape index (κ1) is 22.4. The van der Waals surface area contributed by atoms with Crippen LogP contribution in [-0.4, -0.2) is 26.8 Å². The van der Waals surface area contributed by atoms with E-state index in [-0.39, 0.29) is 22.7 Å². The minimum Gasteiger partial charge on any atom is -0.366 e. The van der Waals surface area contributed by atoms with Gasteiger partial charge in [-0.05, 0) is 53.1 Å². The number of rotatable bonds is 6. The van der Waals surface area contributed by atoms with Crippen molar-refractivity contribution in [3.05, 3.63) is 71.2 Å². The average molecular weight is 459 g/mol. The van der Waals surface area contributed by atoms with Gasteiger partial charge in [-0.3, -0.25) is 9.59 Å². The topological polar surface area (TPSA) is 158 Å². The molecule has 0 heterocycles. The Balaban J connectivity index is 2.27. The van der Waals surface area contributed by atoms with Crippen LogP contribution in [0.1, 0.15) is 10.4 Å². The number of hydrogen-bond acceptors (Lipinski definition) is 5. The Morgan fingerprint density at radius 2 is 1.48 bits per heavy atom. The highest BCUT2D eigenvalue weighted by molar-refractivity contribution is 7.89. The zero-order valence-corrected chi connectivity index (χ0v) is 17.7. The maximum atomic E-state index is 12.2. The first-order valence-corrected chi connectivity index (χ1v) is 10.9. The molecule has 0 bridgehead atoms. The monoisotopic (exact) mass is 458 g/mol. The Kier molecular flexibility index (Phi) is 6.42. The molecule has 160 valence electrons. The van der Waals surface area contributed by atoms with Crippen LogP contribution in [0.15, 0.2) is 65.6 Å². The van der Waals surface area contributed by atoms with Crippen LogP contribution in [0.25, 0.3) is 22.3 Å². The number of carbonyl (C=O) groups is 2. The molecule has 0 aromatic heterocycles. The predicted molar refractivity (Wildman–Crippen MR) is 120 cm³/mol. The fourth-order valence-corrected chi connectivity index (χ4v) is 3.66. The second-order valence-corrected chi connectivity index (χ2v) is 8.64. The molecule has 0 saturated heterocycles. The van der Waals surface area contributed by atoms with Gasteiger partial charge in [0.1, 0.15) is 0 Å². The quantitative estimate of drug-likeness (QED) is 0.445. The molecule has 0 aliphatic rings. The lowest BCUT2D eigenvalue weighted by Crippen LogP contribution is -2.24. The van der Waals surface area contributed by atoms with Crippen LogP contribution in [0.5, 0.6) is 0 Å². The number of primary amides is 1. The van der Waals surface area contributed by atoms with Crippen molar-refractivity contribution in [3.8, 4) is 22.3 Å². The van der Waals surface area contributed by atoms with Crippen LogP contribution in [0.3, 0.4) is 0 Å². The molecule has 0 aliphatic heterocycles. The lowest BCUT2D eigenvalue weighted by atomic mass is 9.93. The van der Waals surface area contributed by atoms with Crippen LogP contribution in [-0.2, 0) is 14.8 Å². The van der Waals surface area contributed by atoms with E-state index in [1.165, 1.54) is 24.3 Å². The molecule has 3 rings (SSSR count). The highest BCUT2D eigenvalue weighted by Crippen LogP contribution is 2.36. The number of carbonyl (C=O) groups excluding carboxylic acids is 2. The zero-order chi connectivity index (χ0) is 22.8. The highest BCUT2D eigenvalue weighted by atomic mass is 35.5. The van der Waals surface area contributed by atoms with Crippen molar-refractivity contribution in [2.45, 2.75) is 4.90 Å². The molecule has 2 amide bonds. The number of halogens is 1. The summed E-state index contributed by atoms with van der Waals surface area (Å²) in [5, 5.41) is 8.32. The highest BCUT2D eigenvalue weighted by Gasteiger charge is 2.19. The third-order valence-electron chi connectivity index (χ3n) is 4.53. The minimum absolute atomic E-state index is 0.0692. The van der Waals surface area contributed by atoms with Gasteiger partial charge in [0.15, 0.2) is 0 Å². The van der Waals surface area contributed by atoms with E-state index in [4.69, 9.17) is 28.2 Å². The number of primary sulfonamides is 1. The van der Waals surface area contributed by atoms with Crippen molar-refractivity contribution in [2.24, 2.45) is 16.6 Å². The smallest absolute Gasteiger partial charge is 0.250 e. The van der Waals surface area contributed by atoms with E-state index in [0.717, 1.165) is 5.56 Å². The van der Waals surface area contributed by atoms with Gasteiger partial charge in [0.2, 0.25) is 15.9 Å². The maximum Gasteiger partial charge on any atom is 0.250 e. The van der Waals surface area contributed by atoms with E-state index in [2.05, 4.69) is 5.32 Å². The van der Waals surface area contributed by atoms with E-state index in [0.29, 0.717) is 21.7 Å². The second-order valence-electron chi connectivity index (χ2n) is 6.64. The van der Waals surface area contributed by atoms with E-state index >= 15 is 0 Å². The van der Waals surface area contributed by atoms with Gasteiger partial charge in [0.25, 0.3) is 5.91 Å². The van der Waals surface area contributed by atoms with Gasteiger partial charge >= 0.3 is 0 Å². The SMILES string of the molecule is NCC(=O)Nc1c(C(N)=O)cc(-c2ccc(Cl)cc2)cc1-c1ccc(S(N)(=O)=O)cc1. The number of hydrogen-bond donors (Lipinski definition) is 4. The van der Waals surface area contributed by atoms with Crippen molar-refractivity contribution in [2.75, 3.05) is 11.9 Å². The number of anilines is 1. The summed E-state index contributed by atoms with van der Waals surface area (Å²) in [6, 6.07) is 15.9. The lowest BCUT2D eigenvalue weighted by molar-refractivity contribution is -0.114. The molecule has 0 radical (unpaired) electrons. The van der Waals surface area contributed by atoms with Crippen molar-refractivity contribution in [3.63, 3.8) is 0 Å². The largest absolute Gasteiger partial charge is 0.366 e. The molecular weight excluding hydrogens is 440 g/mol. The maximum absolute atomic E-state index is 12.2. The molecule has 10 heteroatoms. The van der Waals surface area contributed by atoms with Gasteiger partial charge in [0.05, 0.1) is 22.7 Å². The number of sulfonamides is 1. The fourth-order valence-electron chi connectivity index (χ4n) is 3.02. The van der Waals surface area contributed by atoms with Crippen LogP contribution >= 0.6 is 11.6 Å². The predicted octanol–water partition coefficient (Wildman–Crippen LogP) is 2.32. The summed E-state index contributed by atoms with van der Waals surface area (Å²) in [6.45, 7) is -0.305.